The second kappa shape index (κ2) is 4.75. The van der Waals surface area contributed by atoms with Crippen LogP contribution in [-0.4, -0.2) is 0 Å². The topological polar surface area (TPSA) is 0 Å². The van der Waals surface area contributed by atoms with E-state index >= 15 is 0 Å². The molecule has 0 fully saturated rings. The number of hydrogen-bond acceptors (Lipinski definition) is 0. The van der Waals surface area contributed by atoms with Crippen molar-refractivity contribution in [2.75, 3.05) is 0 Å². The molecule has 0 saturated heterocycles. The first-order chi connectivity index (χ1) is 8.09. The summed E-state index contributed by atoms with van der Waals surface area (Å²) in [5.41, 5.74) is 6.97. The molecule has 0 nitrogen and oxygen atoms in total. The van der Waals surface area contributed by atoms with Gasteiger partial charge in [0.05, 0.1) is 0 Å². The Labute approximate surface area is 104 Å². The Bertz CT molecular complexity index is 523. The number of benzene rings is 2. The van der Waals surface area contributed by atoms with Crippen molar-refractivity contribution < 1.29 is 0 Å². The minimum Gasteiger partial charge on any atom is -0.0620 e. The van der Waals surface area contributed by atoms with Gasteiger partial charge in [0.1, 0.15) is 0 Å². The molecule has 0 aliphatic rings. The minimum atomic E-state index is 0.469. The molecule has 0 N–H and O–H groups in total. The Kier molecular flexibility index (Phi) is 3.33. The van der Waals surface area contributed by atoms with E-state index in [1.54, 1.807) is 0 Å². The molecule has 0 aromatic heterocycles. The van der Waals surface area contributed by atoms with E-state index in [4.69, 9.17) is 0 Å². The third kappa shape index (κ3) is 2.41. The second-order valence-electron chi connectivity index (χ2n) is 4.94. The summed E-state index contributed by atoms with van der Waals surface area (Å²) in [5.74, 6) is 0.469. The summed E-state index contributed by atoms with van der Waals surface area (Å²) in [6.45, 7) is 8.83. The maximum absolute atomic E-state index is 2.29. The van der Waals surface area contributed by atoms with Gasteiger partial charge in [-0.25, -0.2) is 0 Å². The van der Waals surface area contributed by atoms with Crippen LogP contribution >= 0.6 is 0 Å². The molecule has 0 aliphatic heterocycles. The van der Waals surface area contributed by atoms with Gasteiger partial charge in [0, 0.05) is 5.92 Å². The van der Waals surface area contributed by atoms with Gasteiger partial charge in [-0.05, 0) is 43.0 Å². The Morgan fingerprint density at radius 1 is 0.765 bits per heavy atom. The number of aryl methyl sites for hydroxylation is 3. The van der Waals surface area contributed by atoms with Gasteiger partial charge in [0.25, 0.3) is 0 Å². The van der Waals surface area contributed by atoms with Crippen LogP contribution in [0.25, 0.3) is 0 Å². The molecule has 2 rings (SSSR count). The summed E-state index contributed by atoms with van der Waals surface area (Å²) in [7, 11) is 0. The molecule has 0 aliphatic carbocycles. The Hall–Kier alpha value is -1.56. The highest BCUT2D eigenvalue weighted by Crippen LogP contribution is 2.29. The number of rotatable bonds is 2. The third-order valence-corrected chi connectivity index (χ3v) is 3.55. The van der Waals surface area contributed by atoms with Crippen molar-refractivity contribution in [1.82, 2.24) is 0 Å². The zero-order valence-electron chi connectivity index (χ0n) is 11.1. The van der Waals surface area contributed by atoms with Crippen molar-refractivity contribution in [3.8, 4) is 0 Å². The maximum Gasteiger partial charge on any atom is 0.00662 e. The third-order valence-electron chi connectivity index (χ3n) is 3.55. The van der Waals surface area contributed by atoms with Gasteiger partial charge in [0.15, 0.2) is 0 Å². The molecule has 2 aromatic carbocycles. The van der Waals surface area contributed by atoms with Gasteiger partial charge < -0.3 is 0 Å². The first-order valence-electron chi connectivity index (χ1n) is 6.22. The van der Waals surface area contributed by atoms with Crippen molar-refractivity contribution in [2.24, 2.45) is 0 Å². The fourth-order valence-corrected chi connectivity index (χ4v) is 2.55. The fraction of sp³-hybridized carbons (Fsp3) is 0.294. The lowest BCUT2D eigenvalue weighted by Gasteiger charge is -2.17. The molecule has 1 unspecified atom stereocenters. The lowest BCUT2D eigenvalue weighted by Crippen LogP contribution is -2.01. The first-order valence-corrected chi connectivity index (χ1v) is 6.22. The molecular weight excluding hydrogens is 204 g/mol. The van der Waals surface area contributed by atoms with E-state index in [1.807, 2.05) is 0 Å². The predicted molar refractivity (Wildman–Crippen MR) is 74.6 cm³/mol. The van der Waals surface area contributed by atoms with E-state index in [9.17, 15) is 0 Å². The highest BCUT2D eigenvalue weighted by Gasteiger charge is 2.12. The SMILES string of the molecule is Cc1ccc(C(C)c2ccccc2C)c(C)c1. The van der Waals surface area contributed by atoms with E-state index in [0.717, 1.165) is 0 Å². The summed E-state index contributed by atoms with van der Waals surface area (Å²) in [6.07, 6.45) is 0. The van der Waals surface area contributed by atoms with E-state index in [1.165, 1.54) is 27.8 Å². The molecule has 2 aromatic rings. The van der Waals surface area contributed by atoms with Crippen molar-refractivity contribution >= 4 is 0 Å². The Morgan fingerprint density at radius 3 is 2.06 bits per heavy atom. The molecule has 0 bridgehead atoms. The molecule has 0 saturated carbocycles. The van der Waals surface area contributed by atoms with Crippen molar-refractivity contribution in [2.45, 2.75) is 33.6 Å². The average Bonchev–Trinajstić information content (AvgIpc) is 2.29. The van der Waals surface area contributed by atoms with Gasteiger partial charge >= 0.3 is 0 Å². The minimum absolute atomic E-state index is 0.469. The van der Waals surface area contributed by atoms with Gasteiger partial charge in [-0.15, -0.1) is 0 Å². The zero-order chi connectivity index (χ0) is 12.4. The van der Waals surface area contributed by atoms with Gasteiger partial charge in [-0.3, -0.25) is 0 Å². The van der Waals surface area contributed by atoms with Crippen LogP contribution in [0.5, 0.6) is 0 Å². The lowest BCUT2D eigenvalue weighted by atomic mass is 9.87. The van der Waals surface area contributed by atoms with Gasteiger partial charge in [-0.1, -0.05) is 55.0 Å². The Morgan fingerprint density at radius 2 is 1.41 bits per heavy atom. The summed E-state index contributed by atoms with van der Waals surface area (Å²) in [5, 5.41) is 0. The molecule has 1 atom stereocenters. The molecule has 0 heterocycles. The Balaban J connectivity index is 2.44. The highest BCUT2D eigenvalue weighted by atomic mass is 14.2. The van der Waals surface area contributed by atoms with Crippen LogP contribution in [0, 0.1) is 20.8 Å². The fourth-order valence-electron chi connectivity index (χ4n) is 2.55. The quantitative estimate of drug-likeness (QED) is 0.689. The predicted octanol–water partition coefficient (Wildman–Crippen LogP) is 4.76. The van der Waals surface area contributed by atoms with E-state index in [-0.39, 0.29) is 0 Å². The molecule has 88 valence electrons. The van der Waals surface area contributed by atoms with E-state index in [0.29, 0.717) is 5.92 Å². The normalized spacial score (nSPS) is 12.5. The van der Waals surface area contributed by atoms with Gasteiger partial charge in [-0.2, -0.15) is 0 Å². The first kappa shape index (κ1) is 11.9. The maximum atomic E-state index is 2.29. The van der Waals surface area contributed by atoms with Gasteiger partial charge in [0.2, 0.25) is 0 Å². The van der Waals surface area contributed by atoms with Crippen LogP contribution in [0.2, 0.25) is 0 Å². The number of hydrogen-bond donors (Lipinski definition) is 0. The van der Waals surface area contributed by atoms with Crippen LogP contribution in [0.3, 0.4) is 0 Å². The van der Waals surface area contributed by atoms with E-state index < -0.39 is 0 Å². The second-order valence-corrected chi connectivity index (χ2v) is 4.94. The largest absolute Gasteiger partial charge is 0.0620 e. The van der Waals surface area contributed by atoms with Crippen LogP contribution < -0.4 is 0 Å². The van der Waals surface area contributed by atoms with E-state index in [2.05, 4.69) is 70.2 Å². The molecule has 0 amide bonds. The standard InChI is InChI=1S/C17H20/c1-12-9-10-17(14(3)11-12)15(4)16-8-6-5-7-13(16)2/h5-11,15H,1-4H3. The van der Waals surface area contributed by atoms with Crippen LogP contribution in [0.15, 0.2) is 42.5 Å². The zero-order valence-corrected chi connectivity index (χ0v) is 11.1. The molecular formula is C17H20. The van der Waals surface area contributed by atoms with Crippen molar-refractivity contribution in [3.05, 3.63) is 70.3 Å². The van der Waals surface area contributed by atoms with Crippen molar-refractivity contribution in [3.63, 3.8) is 0 Å². The van der Waals surface area contributed by atoms with Crippen LogP contribution in [0.4, 0.5) is 0 Å². The highest BCUT2D eigenvalue weighted by molar-refractivity contribution is 5.41. The molecule has 17 heavy (non-hydrogen) atoms. The average molecular weight is 224 g/mol. The molecule has 0 radical (unpaired) electrons. The summed E-state index contributed by atoms with van der Waals surface area (Å²) < 4.78 is 0. The summed E-state index contributed by atoms with van der Waals surface area (Å²) >= 11 is 0. The summed E-state index contributed by atoms with van der Waals surface area (Å²) in [6, 6.07) is 15.4. The van der Waals surface area contributed by atoms with Crippen LogP contribution in [0.1, 0.15) is 40.7 Å². The molecule has 0 heteroatoms. The summed E-state index contributed by atoms with van der Waals surface area (Å²) in [4.78, 5) is 0. The molecule has 0 spiro atoms. The van der Waals surface area contributed by atoms with Crippen LogP contribution in [-0.2, 0) is 0 Å². The lowest BCUT2D eigenvalue weighted by molar-refractivity contribution is 0.898. The van der Waals surface area contributed by atoms with Crippen molar-refractivity contribution in [1.29, 1.82) is 0 Å². The monoisotopic (exact) mass is 224 g/mol. The smallest absolute Gasteiger partial charge is 0.00662 e.